The maximum Gasteiger partial charge on any atom is 0.407 e. The monoisotopic (exact) mass is 433 g/mol. The summed E-state index contributed by atoms with van der Waals surface area (Å²) in [6.45, 7) is 1.95. The van der Waals surface area contributed by atoms with Crippen LogP contribution in [0.3, 0.4) is 0 Å². The zero-order chi connectivity index (χ0) is 19.6. The van der Waals surface area contributed by atoms with Crippen molar-refractivity contribution in [3.05, 3.63) is 64.1 Å². The van der Waals surface area contributed by atoms with Crippen molar-refractivity contribution >= 4 is 34.1 Å². The number of nitrogens with zero attached hydrogens (tertiary/aromatic N) is 1. The van der Waals surface area contributed by atoms with Crippen molar-refractivity contribution in [1.29, 1.82) is 0 Å². The summed E-state index contributed by atoms with van der Waals surface area (Å²) in [5.41, 5.74) is 3.91. The van der Waals surface area contributed by atoms with Crippen molar-refractivity contribution in [1.82, 2.24) is 10.7 Å². The third-order valence-electron chi connectivity index (χ3n) is 3.53. The van der Waals surface area contributed by atoms with Gasteiger partial charge in [0.05, 0.1) is 29.8 Å². The maximum absolute atomic E-state index is 12.2. The molecule has 0 saturated carbocycles. The van der Waals surface area contributed by atoms with Gasteiger partial charge < -0.3 is 15.2 Å². The van der Waals surface area contributed by atoms with Gasteiger partial charge in [-0.15, -0.1) is 0 Å². The van der Waals surface area contributed by atoms with E-state index in [1.807, 2.05) is 30.3 Å². The molecule has 8 heteroatoms. The van der Waals surface area contributed by atoms with Gasteiger partial charge in [-0.1, -0.05) is 30.3 Å². The Labute approximate surface area is 165 Å². The maximum atomic E-state index is 12.2. The molecule has 0 unspecified atom stereocenters. The zero-order valence-corrected chi connectivity index (χ0v) is 16.3. The smallest absolute Gasteiger partial charge is 0.407 e. The average molecular weight is 434 g/mol. The first-order valence-electron chi connectivity index (χ1n) is 8.28. The topological polar surface area (TPSA) is 100 Å². The van der Waals surface area contributed by atoms with Crippen LogP contribution in [-0.2, 0) is 9.53 Å². The molecule has 0 fully saturated rings. The van der Waals surface area contributed by atoms with E-state index in [0.717, 1.165) is 5.56 Å². The second-order valence-electron chi connectivity index (χ2n) is 5.54. The predicted molar refractivity (Wildman–Crippen MR) is 106 cm³/mol. The highest BCUT2D eigenvalue weighted by Crippen LogP contribution is 2.23. The lowest BCUT2D eigenvalue weighted by Gasteiger charge is -2.18. The molecule has 2 aromatic rings. The number of hydrogen-bond acceptors (Lipinski definition) is 5. The van der Waals surface area contributed by atoms with Crippen LogP contribution < -0.4 is 10.7 Å². The number of amides is 2. The van der Waals surface area contributed by atoms with E-state index in [4.69, 9.17) is 4.74 Å². The Hall–Kier alpha value is -2.87. The molecule has 0 bridgehead atoms. The molecule has 0 heterocycles. The number of phenols is 1. The highest BCUT2D eigenvalue weighted by atomic mass is 79.9. The number of aromatic hydroxyl groups is 1. The molecule has 0 aliphatic carbocycles. The van der Waals surface area contributed by atoms with Gasteiger partial charge in [-0.2, -0.15) is 5.10 Å². The molecule has 0 saturated heterocycles. The molecule has 3 N–H and O–H groups in total. The van der Waals surface area contributed by atoms with E-state index >= 15 is 0 Å². The van der Waals surface area contributed by atoms with Crippen LogP contribution in [-0.4, -0.2) is 29.9 Å². The van der Waals surface area contributed by atoms with Crippen molar-refractivity contribution in [2.24, 2.45) is 5.10 Å². The van der Waals surface area contributed by atoms with Crippen LogP contribution in [0.4, 0.5) is 4.79 Å². The average Bonchev–Trinajstić information content (AvgIpc) is 2.65. The van der Waals surface area contributed by atoms with Crippen LogP contribution >= 0.6 is 15.9 Å². The van der Waals surface area contributed by atoms with Crippen molar-refractivity contribution in [2.75, 3.05) is 6.61 Å². The van der Waals surface area contributed by atoms with Gasteiger partial charge in [0, 0.05) is 0 Å². The number of hydrazone groups is 1. The van der Waals surface area contributed by atoms with Gasteiger partial charge in [0.1, 0.15) is 5.75 Å². The molecule has 2 aromatic carbocycles. The first kappa shape index (κ1) is 20.4. The van der Waals surface area contributed by atoms with E-state index < -0.39 is 12.1 Å². The number of alkyl carbamates (subject to hydrolysis) is 1. The largest absolute Gasteiger partial charge is 0.507 e. The van der Waals surface area contributed by atoms with Gasteiger partial charge in [-0.25, -0.2) is 10.2 Å². The third kappa shape index (κ3) is 6.74. The summed E-state index contributed by atoms with van der Waals surface area (Å²) < 4.78 is 5.43. The number of ether oxygens (including phenoxy) is 1. The lowest BCUT2D eigenvalue weighted by Crippen LogP contribution is -2.33. The van der Waals surface area contributed by atoms with Crippen LogP contribution in [0.2, 0.25) is 0 Å². The number of nitrogens with one attached hydrogen (secondary N) is 2. The van der Waals surface area contributed by atoms with E-state index in [2.05, 4.69) is 31.8 Å². The Balaban J connectivity index is 1.99. The van der Waals surface area contributed by atoms with Crippen LogP contribution in [0.25, 0.3) is 0 Å². The lowest BCUT2D eigenvalue weighted by molar-refractivity contribution is -0.121. The van der Waals surface area contributed by atoms with Gasteiger partial charge in [-0.3, -0.25) is 4.79 Å². The molecule has 27 heavy (non-hydrogen) atoms. The minimum Gasteiger partial charge on any atom is -0.507 e. The summed E-state index contributed by atoms with van der Waals surface area (Å²) in [5.74, 6) is -0.248. The Morgan fingerprint density at radius 2 is 2.00 bits per heavy atom. The molecule has 0 aliphatic heterocycles. The fourth-order valence-corrected chi connectivity index (χ4v) is 2.66. The summed E-state index contributed by atoms with van der Waals surface area (Å²) >= 11 is 3.21. The Morgan fingerprint density at radius 3 is 2.67 bits per heavy atom. The standard InChI is InChI=1S/C19H20BrN3O4/c1-2-27-19(26)22-16(14-6-4-3-5-7-14)11-18(25)23-21-12-13-8-9-17(24)15(20)10-13/h3-10,12,16,24H,2,11H2,1H3,(H,22,26)(H,23,25)/b21-12-/t16-/m0/s1. The van der Waals surface area contributed by atoms with E-state index in [1.54, 1.807) is 19.1 Å². The van der Waals surface area contributed by atoms with Crippen molar-refractivity contribution in [3.63, 3.8) is 0 Å². The molecule has 0 spiro atoms. The molecule has 0 aromatic heterocycles. The fourth-order valence-electron chi connectivity index (χ4n) is 2.27. The van der Waals surface area contributed by atoms with Gasteiger partial charge in [-0.05, 0) is 52.2 Å². The Morgan fingerprint density at radius 1 is 1.26 bits per heavy atom. The molecule has 0 radical (unpaired) electrons. The number of phenolic OH excluding ortho intramolecular Hbond substituents is 1. The summed E-state index contributed by atoms with van der Waals surface area (Å²) in [6.07, 6.45) is 0.870. The summed E-state index contributed by atoms with van der Waals surface area (Å²) in [4.78, 5) is 24.0. The zero-order valence-electron chi connectivity index (χ0n) is 14.7. The number of carbonyl (C=O) groups is 2. The van der Waals surface area contributed by atoms with Crippen LogP contribution in [0.15, 0.2) is 58.1 Å². The van der Waals surface area contributed by atoms with E-state index in [9.17, 15) is 14.7 Å². The number of hydrogen-bond donors (Lipinski definition) is 3. The molecule has 142 valence electrons. The predicted octanol–water partition coefficient (Wildman–Crippen LogP) is 3.48. The first-order chi connectivity index (χ1) is 13.0. The molecule has 1 atom stereocenters. The summed E-state index contributed by atoms with van der Waals surface area (Å²) in [7, 11) is 0. The number of carbonyl (C=O) groups excluding carboxylic acids is 2. The van der Waals surface area contributed by atoms with Crippen molar-refractivity contribution in [3.8, 4) is 5.75 Å². The minimum atomic E-state index is -0.586. The lowest BCUT2D eigenvalue weighted by atomic mass is 10.0. The summed E-state index contributed by atoms with van der Waals surface area (Å²) in [6, 6.07) is 13.5. The second-order valence-corrected chi connectivity index (χ2v) is 6.39. The Kier molecular flexibility index (Phi) is 7.81. The molecular formula is C19H20BrN3O4. The SMILES string of the molecule is CCOC(=O)N[C@@H](CC(=O)N/N=C\c1ccc(O)c(Br)c1)c1ccccc1. The van der Waals surface area contributed by atoms with E-state index in [0.29, 0.717) is 10.0 Å². The van der Waals surface area contributed by atoms with E-state index in [1.165, 1.54) is 12.3 Å². The number of rotatable bonds is 7. The Bertz CT molecular complexity index is 812. The van der Waals surface area contributed by atoms with Crippen molar-refractivity contribution < 1.29 is 19.4 Å². The van der Waals surface area contributed by atoms with Gasteiger partial charge in [0.25, 0.3) is 0 Å². The highest BCUT2D eigenvalue weighted by molar-refractivity contribution is 9.10. The van der Waals surface area contributed by atoms with Gasteiger partial charge in [0.15, 0.2) is 0 Å². The third-order valence-corrected chi connectivity index (χ3v) is 4.17. The molecule has 0 aliphatic rings. The second kappa shape index (κ2) is 10.3. The van der Waals surface area contributed by atoms with Gasteiger partial charge >= 0.3 is 6.09 Å². The molecule has 2 amide bonds. The molecular weight excluding hydrogens is 414 g/mol. The normalized spacial score (nSPS) is 11.8. The van der Waals surface area contributed by atoms with E-state index in [-0.39, 0.29) is 24.7 Å². The molecule has 2 rings (SSSR count). The van der Waals surface area contributed by atoms with Crippen molar-refractivity contribution in [2.45, 2.75) is 19.4 Å². The summed E-state index contributed by atoms with van der Waals surface area (Å²) in [5, 5.41) is 16.1. The first-order valence-corrected chi connectivity index (χ1v) is 9.07. The molecule has 7 nitrogen and oxygen atoms in total. The van der Waals surface area contributed by atoms with Crippen LogP contribution in [0.5, 0.6) is 5.75 Å². The minimum absolute atomic E-state index is 0.000556. The van der Waals surface area contributed by atoms with Crippen LogP contribution in [0.1, 0.15) is 30.5 Å². The van der Waals surface area contributed by atoms with Crippen LogP contribution in [0, 0.1) is 0 Å². The van der Waals surface area contributed by atoms with Gasteiger partial charge in [0.2, 0.25) is 5.91 Å². The fraction of sp³-hybridized carbons (Fsp3) is 0.211. The quantitative estimate of drug-likeness (QED) is 0.459. The number of benzene rings is 2. The highest BCUT2D eigenvalue weighted by Gasteiger charge is 2.18. The number of halogens is 1.